The van der Waals surface area contributed by atoms with E-state index in [1.165, 1.54) is 12.1 Å². The first-order chi connectivity index (χ1) is 14.0. The average molecular weight is 389 g/mol. The molecule has 1 saturated carbocycles. The Morgan fingerprint density at radius 3 is 2.41 bits per heavy atom. The molecule has 1 fully saturated rings. The molecule has 1 aliphatic rings. The summed E-state index contributed by atoms with van der Waals surface area (Å²) >= 11 is 0. The highest BCUT2D eigenvalue weighted by Gasteiger charge is 2.29. The minimum atomic E-state index is -0.399. The van der Waals surface area contributed by atoms with Gasteiger partial charge in [-0.3, -0.25) is 14.6 Å². The molecule has 3 aromatic rings. The zero-order valence-electron chi connectivity index (χ0n) is 15.9. The first-order valence-electron chi connectivity index (χ1n) is 9.44. The summed E-state index contributed by atoms with van der Waals surface area (Å²) < 4.78 is 13.4. The number of nitrogens with one attached hydrogen (secondary N) is 2. The normalized spacial score (nSPS) is 13.0. The summed E-state index contributed by atoms with van der Waals surface area (Å²) in [6, 6.07) is 14.9. The van der Waals surface area contributed by atoms with Gasteiger partial charge in [-0.15, -0.1) is 0 Å². The number of amides is 2. The Labute approximate surface area is 168 Å². The van der Waals surface area contributed by atoms with Crippen molar-refractivity contribution in [3.05, 3.63) is 77.7 Å². The molecule has 29 heavy (non-hydrogen) atoms. The van der Waals surface area contributed by atoms with Crippen LogP contribution in [0.5, 0.6) is 0 Å². The molecule has 2 aromatic carbocycles. The summed E-state index contributed by atoms with van der Waals surface area (Å²) in [5, 5.41) is 5.59. The molecule has 1 aliphatic carbocycles. The molecule has 4 rings (SSSR count). The Morgan fingerprint density at radius 2 is 1.76 bits per heavy atom. The van der Waals surface area contributed by atoms with Crippen LogP contribution in [0.15, 0.2) is 60.8 Å². The summed E-state index contributed by atoms with van der Waals surface area (Å²) in [5.74, 6) is -0.520. The third-order valence-corrected chi connectivity index (χ3v) is 4.87. The minimum absolute atomic E-state index is 0.0449. The monoisotopic (exact) mass is 389 g/mol. The predicted octanol–water partition coefficient (Wildman–Crippen LogP) is 4.80. The SMILES string of the molecule is Cc1ccc(F)cc1NC(=O)c1ccc(-c2ccc(NC(=O)C3CC3)cn2)cc1. The molecule has 146 valence electrons. The summed E-state index contributed by atoms with van der Waals surface area (Å²) in [6.45, 7) is 1.81. The summed E-state index contributed by atoms with van der Waals surface area (Å²) in [7, 11) is 0. The molecule has 0 radical (unpaired) electrons. The van der Waals surface area contributed by atoms with Gasteiger partial charge in [0, 0.05) is 22.7 Å². The lowest BCUT2D eigenvalue weighted by Crippen LogP contribution is -2.13. The van der Waals surface area contributed by atoms with E-state index in [0.717, 1.165) is 29.7 Å². The fraction of sp³-hybridized carbons (Fsp3) is 0.174. The average Bonchev–Trinajstić information content (AvgIpc) is 3.57. The van der Waals surface area contributed by atoms with Crippen LogP contribution in [0.2, 0.25) is 0 Å². The Balaban J connectivity index is 1.43. The maximum absolute atomic E-state index is 13.4. The zero-order chi connectivity index (χ0) is 20.4. The Kier molecular flexibility index (Phi) is 5.08. The standard InChI is InChI=1S/C23H20FN3O2/c1-14-2-9-18(24)12-21(14)27-23(29)17-5-3-15(4-6-17)20-11-10-19(13-25-20)26-22(28)16-7-8-16/h2-6,9-13,16H,7-8H2,1H3,(H,26,28)(H,27,29). The van der Waals surface area contributed by atoms with Gasteiger partial charge >= 0.3 is 0 Å². The summed E-state index contributed by atoms with van der Waals surface area (Å²) in [5.41, 5.74) is 3.96. The van der Waals surface area contributed by atoms with Crippen LogP contribution < -0.4 is 10.6 Å². The van der Waals surface area contributed by atoms with Crippen molar-refractivity contribution in [1.82, 2.24) is 4.98 Å². The molecular formula is C23H20FN3O2. The van der Waals surface area contributed by atoms with E-state index in [0.29, 0.717) is 16.9 Å². The molecule has 5 nitrogen and oxygen atoms in total. The van der Waals surface area contributed by atoms with Crippen LogP contribution in [0.25, 0.3) is 11.3 Å². The zero-order valence-corrected chi connectivity index (χ0v) is 15.9. The second-order valence-corrected chi connectivity index (χ2v) is 7.19. The number of rotatable bonds is 5. The molecule has 0 unspecified atom stereocenters. The van der Waals surface area contributed by atoms with E-state index in [4.69, 9.17) is 0 Å². The molecule has 2 N–H and O–H groups in total. The van der Waals surface area contributed by atoms with Gasteiger partial charge in [0.25, 0.3) is 5.91 Å². The Hall–Kier alpha value is -3.54. The van der Waals surface area contributed by atoms with E-state index in [9.17, 15) is 14.0 Å². The molecule has 1 heterocycles. The van der Waals surface area contributed by atoms with Crippen LogP contribution in [0.3, 0.4) is 0 Å². The summed E-state index contributed by atoms with van der Waals surface area (Å²) in [6.07, 6.45) is 3.54. The van der Waals surface area contributed by atoms with Crippen LogP contribution in [0, 0.1) is 18.7 Å². The predicted molar refractivity (Wildman–Crippen MR) is 110 cm³/mol. The van der Waals surface area contributed by atoms with E-state index < -0.39 is 5.82 Å². The Morgan fingerprint density at radius 1 is 1.00 bits per heavy atom. The topological polar surface area (TPSA) is 71.1 Å². The molecule has 2 amide bonds. The number of hydrogen-bond acceptors (Lipinski definition) is 3. The number of nitrogens with zero attached hydrogens (tertiary/aromatic N) is 1. The van der Waals surface area contributed by atoms with E-state index in [-0.39, 0.29) is 17.7 Å². The van der Waals surface area contributed by atoms with Crippen LogP contribution >= 0.6 is 0 Å². The highest BCUT2D eigenvalue weighted by atomic mass is 19.1. The third-order valence-electron chi connectivity index (χ3n) is 4.87. The maximum atomic E-state index is 13.4. The van der Waals surface area contributed by atoms with Crippen molar-refractivity contribution in [2.45, 2.75) is 19.8 Å². The summed E-state index contributed by atoms with van der Waals surface area (Å²) in [4.78, 5) is 28.6. The van der Waals surface area contributed by atoms with Crippen LogP contribution in [-0.4, -0.2) is 16.8 Å². The number of anilines is 2. The highest BCUT2D eigenvalue weighted by Crippen LogP contribution is 2.30. The smallest absolute Gasteiger partial charge is 0.255 e. The molecule has 1 aromatic heterocycles. The van der Waals surface area contributed by atoms with Gasteiger partial charge in [-0.25, -0.2) is 4.39 Å². The van der Waals surface area contributed by atoms with E-state index >= 15 is 0 Å². The van der Waals surface area contributed by atoms with Crippen LogP contribution in [0.4, 0.5) is 15.8 Å². The quantitative estimate of drug-likeness (QED) is 0.659. The molecule has 0 bridgehead atoms. The van der Waals surface area contributed by atoms with Gasteiger partial charge in [0.2, 0.25) is 5.91 Å². The number of halogens is 1. The van der Waals surface area contributed by atoms with Crippen LogP contribution in [-0.2, 0) is 4.79 Å². The number of aryl methyl sites for hydroxylation is 1. The van der Waals surface area contributed by atoms with E-state index in [1.54, 1.807) is 43.5 Å². The number of hydrogen-bond donors (Lipinski definition) is 2. The first kappa shape index (κ1) is 18.8. The lowest BCUT2D eigenvalue weighted by Gasteiger charge is -2.09. The maximum Gasteiger partial charge on any atom is 0.255 e. The molecule has 0 atom stereocenters. The van der Waals surface area contributed by atoms with Gasteiger partial charge in [-0.1, -0.05) is 18.2 Å². The molecular weight excluding hydrogens is 369 g/mol. The Bertz CT molecular complexity index is 1060. The lowest BCUT2D eigenvalue weighted by atomic mass is 10.1. The number of benzene rings is 2. The second-order valence-electron chi connectivity index (χ2n) is 7.19. The number of carbonyl (C=O) groups is 2. The van der Waals surface area contributed by atoms with Crippen molar-refractivity contribution in [2.75, 3.05) is 10.6 Å². The van der Waals surface area contributed by atoms with Gasteiger partial charge < -0.3 is 10.6 Å². The van der Waals surface area contributed by atoms with Gasteiger partial charge in [-0.05, 0) is 61.7 Å². The first-order valence-corrected chi connectivity index (χ1v) is 9.44. The van der Waals surface area contributed by atoms with Crippen molar-refractivity contribution in [1.29, 1.82) is 0 Å². The molecule has 0 aliphatic heterocycles. The van der Waals surface area contributed by atoms with E-state index in [1.807, 2.05) is 12.1 Å². The number of pyridine rings is 1. The second kappa shape index (κ2) is 7.83. The third kappa shape index (κ3) is 4.48. The van der Waals surface area contributed by atoms with Gasteiger partial charge in [0.05, 0.1) is 17.6 Å². The van der Waals surface area contributed by atoms with Crippen molar-refractivity contribution in [2.24, 2.45) is 5.92 Å². The minimum Gasteiger partial charge on any atom is -0.324 e. The largest absolute Gasteiger partial charge is 0.324 e. The fourth-order valence-corrected chi connectivity index (χ4v) is 2.94. The fourth-order valence-electron chi connectivity index (χ4n) is 2.94. The van der Waals surface area contributed by atoms with Crippen molar-refractivity contribution < 1.29 is 14.0 Å². The number of carbonyl (C=O) groups excluding carboxylic acids is 2. The van der Waals surface area contributed by atoms with Gasteiger partial charge in [0.1, 0.15) is 5.82 Å². The molecule has 0 saturated heterocycles. The highest BCUT2D eigenvalue weighted by molar-refractivity contribution is 6.04. The van der Waals surface area contributed by atoms with Crippen molar-refractivity contribution in [3.8, 4) is 11.3 Å². The van der Waals surface area contributed by atoms with Gasteiger partial charge in [-0.2, -0.15) is 0 Å². The lowest BCUT2D eigenvalue weighted by molar-refractivity contribution is -0.117. The van der Waals surface area contributed by atoms with Crippen molar-refractivity contribution >= 4 is 23.2 Å². The van der Waals surface area contributed by atoms with E-state index in [2.05, 4.69) is 15.6 Å². The van der Waals surface area contributed by atoms with Gasteiger partial charge in [0.15, 0.2) is 0 Å². The molecule has 0 spiro atoms. The van der Waals surface area contributed by atoms with Crippen molar-refractivity contribution in [3.63, 3.8) is 0 Å². The van der Waals surface area contributed by atoms with Crippen LogP contribution in [0.1, 0.15) is 28.8 Å². The number of aromatic nitrogens is 1. The molecule has 6 heteroatoms.